The van der Waals surface area contributed by atoms with E-state index >= 15 is 0 Å². The highest BCUT2D eigenvalue weighted by atomic mass is 35.5. The average molecular weight is 510 g/mol. The number of benzene rings is 1. The third-order valence-electron chi connectivity index (χ3n) is 5.29. The molecule has 0 bridgehead atoms. The Morgan fingerprint density at radius 3 is 2.58 bits per heavy atom. The summed E-state index contributed by atoms with van der Waals surface area (Å²) in [5, 5.41) is 1.83. The fourth-order valence-electron chi connectivity index (χ4n) is 3.58. The number of anilines is 2. The molecule has 0 radical (unpaired) electrons. The monoisotopic (exact) mass is 509 g/mol. The van der Waals surface area contributed by atoms with Gasteiger partial charge in [-0.05, 0) is 37.1 Å². The van der Waals surface area contributed by atoms with Crippen LogP contribution in [0.4, 0.5) is 33.5 Å². The Morgan fingerprint density at radius 2 is 1.94 bits per heavy atom. The van der Waals surface area contributed by atoms with Gasteiger partial charge < -0.3 is 10.2 Å². The molecule has 1 atom stereocenters. The zero-order chi connectivity index (χ0) is 24.6. The molecule has 180 valence electrons. The van der Waals surface area contributed by atoms with Crippen molar-refractivity contribution in [1.82, 2.24) is 4.98 Å². The summed E-state index contributed by atoms with van der Waals surface area (Å²) >= 11 is 5.94. The SMILES string of the molecule is Cc1c(Cl)c(C(F)(F)F)nc(N2CCCC(F)(F)CC2)c1C(=O)Nc1cccc(S(C)=O)c1. The molecule has 0 aliphatic carbocycles. The number of nitrogens with one attached hydrogen (secondary N) is 1. The number of nitrogens with zero attached hydrogens (tertiary/aromatic N) is 2. The molecule has 0 saturated carbocycles. The van der Waals surface area contributed by atoms with E-state index in [9.17, 15) is 31.0 Å². The molecule has 1 N–H and O–H groups in total. The first-order valence-corrected chi connectivity index (χ1v) is 11.9. The first kappa shape index (κ1) is 25.4. The van der Waals surface area contributed by atoms with Gasteiger partial charge in [-0.15, -0.1) is 0 Å². The van der Waals surface area contributed by atoms with Crippen molar-refractivity contribution >= 4 is 39.8 Å². The van der Waals surface area contributed by atoms with Gasteiger partial charge in [0.2, 0.25) is 5.92 Å². The molecule has 2 aromatic rings. The first-order chi connectivity index (χ1) is 15.3. The normalized spacial score (nSPS) is 17.4. The highest BCUT2D eigenvalue weighted by Gasteiger charge is 2.40. The number of carbonyl (C=O) groups is 1. The number of halogens is 6. The number of hydrogen-bond acceptors (Lipinski definition) is 4. The minimum absolute atomic E-state index is 0.00550. The van der Waals surface area contributed by atoms with Crippen molar-refractivity contribution in [1.29, 1.82) is 0 Å². The summed E-state index contributed by atoms with van der Waals surface area (Å²) in [4.78, 5) is 18.5. The third-order valence-corrected chi connectivity index (χ3v) is 6.67. The summed E-state index contributed by atoms with van der Waals surface area (Å²) in [5.41, 5.74) is -1.52. The number of alkyl halides is 5. The Bertz CT molecular complexity index is 1090. The van der Waals surface area contributed by atoms with Crippen LogP contribution < -0.4 is 10.2 Å². The minimum Gasteiger partial charge on any atom is -0.356 e. The fraction of sp³-hybridized carbons (Fsp3) is 0.429. The summed E-state index contributed by atoms with van der Waals surface area (Å²) in [7, 11) is -1.33. The second-order valence-corrected chi connectivity index (χ2v) is 9.49. The van der Waals surface area contributed by atoms with Gasteiger partial charge >= 0.3 is 6.18 Å². The van der Waals surface area contributed by atoms with E-state index in [1.165, 1.54) is 30.2 Å². The maximum absolute atomic E-state index is 13.9. The fourth-order valence-corrected chi connectivity index (χ4v) is 4.38. The number of pyridine rings is 1. The molecule has 2 heterocycles. The van der Waals surface area contributed by atoms with Crippen molar-refractivity contribution in [3.8, 4) is 0 Å². The molecule has 1 amide bonds. The van der Waals surface area contributed by atoms with Gasteiger partial charge in [-0.3, -0.25) is 9.00 Å². The summed E-state index contributed by atoms with van der Waals surface area (Å²) in [6, 6.07) is 6.15. The molecule has 1 saturated heterocycles. The highest BCUT2D eigenvalue weighted by molar-refractivity contribution is 7.84. The molecule has 33 heavy (non-hydrogen) atoms. The van der Waals surface area contributed by atoms with E-state index in [2.05, 4.69) is 10.3 Å². The van der Waals surface area contributed by atoms with E-state index in [0.29, 0.717) is 4.90 Å². The number of rotatable bonds is 4. The molecule has 1 aromatic carbocycles. The van der Waals surface area contributed by atoms with Crippen LogP contribution in [0.1, 0.15) is 40.9 Å². The highest BCUT2D eigenvalue weighted by Crippen LogP contribution is 2.40. The quantitative estimate of drug-likeness (QED) is 0.539. The second-order valence-electron chi connectivity index (χ2n) is 7.73. The Morgan fingerprint density at radius 1 is 1.24 bits per heavy atom. The minimum atomic E-state index is -4.90. The Hall–Kier alpha value is -2.27. The van der Waals surface area contributed by atoms with Gasteiger partial charge in [0.25, 0.3) is 5.91 Å². The van der Waals surface area contributed by atoms with Crippen LogP contribution in [0.5, 0.6) is 0 Å². The largest absolute Gasteiger partial charge is 0.434 e. The maximum Gasteiger partial charge on any atom is 0.434 e. The zero-order valence-corrected chi connectivity index (χ0v) is 19.3. The Kier molecular flexibility index (Phi) is 7.33. The van der Waals surface area contributed by atoms with Crippen molar-refractivity contribution in [3.05, 3.63) is 46.1 Å². The number of carbonyl (C=O) groups excluding carboxylic acids is 1. The van der Waals surface area contributed by atoms with Crippen LogP contribution in [0.25, 0.3) is 0 Å². The molecular weight excluding hydrogens is 489 g/mol. The van der Waals surface area contributed by atoms with Gasteiger partial charge in [0.05, 0.1) is 10.6 Å². The predicted octanol–water partition coefficient (Wildman–Crippen LogP) is 5.68. The molecule has 5 nitrogen and oxygen atoms in total. The van der Waals surface area contributed by atoms with Crippen LogP contribution >= 0.6 is 11.6 Å². The molecule has 1 unspecified atom stereocenters. The van der Waals surface area contributed by atoms with Crippen molar-refractivity contribution in [3.63, 3.8) is 0 Å². The Labute approximate surface area is 194 Å². The van der Waals surface area contributed by atoms with Crippen molar-refractivity contribution in [2.75, 3.05) is 29.6 Å². The van der Waals surface area contributed by atoms with Crippen molar-refractivity contribution in [2.24, 2.45) is 0 Å². The van der Waals surface area contributed by atoms with Gasteiger partial charge in [-0.25, -0.2) is 13.8 Å². The first-order valence-electron chi connectivity index (χ1n) is 9.95. The lowest BCUT2D eigenvalue weighted by atomic mass is 10.1. The molecule has 0 spiro atoms. The molecule has 1 aliphatic rings. The Balaban J connectivity index is 2.09. The van der Waals surface area contributed by atoms with Gasteiger partial charge in [-0.1, -0.05) is 17.7 Å². The average Bonchev–Trinajstić information content (AvgIpc) is 2.89. The predicted molar refractivity (Wildman–Crippen MR) is 117 cm³/mol. The number of aromatic nitrogens is 1. The maximum atomic E-state index is 13.9. The summed E-state index contributed by atoms with van der Waals surface area (Å²) in [6.45, 7) is 0.982. The van der Waals surface area contributed by atoms with Gasteiger partial charge in [0.15, 0.2) is 5.69 Å². The number of amides is 1. The van der Waals surface area contributed by atoms with E-state index in [1.54, 1.807) is 12.1 Å². The molecule has 1 aliphatic heterocycles. The lowest BCUT2D eigenvalue weighted by molar-refractivity contribution is -0.141. The molecule has 3 rings (SSSR count). The lowest BCUT2D eigenvalue weighted by Crippen LogP contribution is -2.31. The van der Waals surface area contributed by atoms with Gasteiger partial charge in [-0.2, -0.15) is 13.2 Å². The topological polar surface area (TPSA) is 62.3 Å². The summed E-state index contributed by atoms with van der Waals surface area (Å²) in [6.07, 6.45) is -4.42. The molecule has 1 aromatic heterocycles. The van der Waals surface area contributed by atoms with Crippen LogP contribution in [0.2, 0.25) is 5.02 Å². The van der Waals surface area contributed by atoms with Crippen LogP contribution in [-0.4, -0.2) is 40.4 Å². The van der Waals surface area contributed by atoms with E-state index in [0.717, 1.165) is 0 Å². The van der Waals surface area contributed by atoms with E-state index in [-0.39, 0.29) is 42.1 Å². The van der Waals surface area contributed by atoms with Crippen LogP contribution in [-0.2, 0) is 17.0 Å². The van der Waals surface area contributed by atoms with Crippen LogP contribution in [0.3, 0.4) is 0 Å². The summed E-state index contributed by atoms with van der Waals surface area (Å²) < 4.78 is 80.1. The third kappa shape index (κ3) is 5.81. The molecule has 12 heteroatoms. The zero-order valence-electron chi connectivity index (χ0n) is 17.7. The van der Waals surface area contributed by atoms with E-state index in [1.807, 2.05) is 0 Å². The second kappa shape index (κ2) is 9.54. The van der Waals surface area contributed by atoms with Crippen LogP contribution in [0, 0.1) is 6.92 Å². The molecule has 1 fully saturated rings. The lowest BCUT2D eigenvalue weighted by Gasteiger charge is -2.27. The van der Waals surface area contributed by atoms with Crippen molar-refractivity contribution < 1.29 is 31.0 Å². The standard InChI is InChI=1S/C21H21ClF5N3O2S/c1-12-15(19(31)28-13-5-3-6-14(11-13)33(2)32)18(29-17(16(12)22)21(25,26)27)30-9-4-7-20(23,24)8-10-30/h3,5-6,11H,4,7-10H2,1-2H3,(H,28,31). The number of hydrogen-bond donors (Lipinski definition) is 1. The smallest absolute Gasteiger partial charge is 0.356 e. The molecular formula is C21H21ClF5N3O2S. The van der Waals surface area contributed by atoms with E-state index in [4.69, 9.17) is 11.6 Å². The van der Waals surface area contributed by atoms with Crippen LogP contribution in [0.15, 0.2) is 29.2 Å². The van der Waals surface area contributed by atoms with Gasteiger partial charge in [0, 0.05) is 53.6 Å². The summed E-state index contributed by atoms with van der Waals surface area (Å²) in [5.74, 6) is -4.11. The van der Waals surface area contributed by atoms with Crippen molar-refractivity contribution in [2.45, 2.75) is 43.2 Å². The van der Waals surface area contributed by atoms with E-state index < -0.39 is 52.4 Å². The van der Waals surface area contributed by atoms with Gasteiger partial charge in [0.1, 0.15) is 5.82 Å².